The summed E-state index contributed by atoms with van der Waals surface area (Å²) in [6.07, 6.45) is 4.58. The summed E-state index contributed by atoms with van der Waals surface area (Å²) < 4.78 is 1.58. The molecule has 1 saturated heterocycles. The van der Waals surface area contributed by atoms with Gasteiger partial charge in [0.25, 0.3) is 5.56 Å². The fourth-order valence-corrected chi connectivity index (χ4v) is 3.26. The zero-order chi connectivity index (χ0) is 17.8. The number of likely N-dealkylation sites (tertiary alicyclic amines) is 1. The van der Waals surface area contributed by atoms with E-state index >= 15 is 0 Å². The third-order valence-corrected chi connectivity index (χ3v) is 5.00. The Morgan fingerprint density at radius 1 is 1.16 bits per heavy atom. The summed E-state index contributed by atoms with van der Waals surface area (Å²) in [5.41, 5.74) is 3.19. The van der Waals surface area contributed by atoms with Crippen LogP contribution in [0.3, 0.4) is 0 Å². The Labute approximate surface area is 148 Å². The van der Waals surface area contributed by atoms with Crippen molar-refractivity contribution in [2.75, 3.05) is 18.4 Å². The predicted octanol–water partition coefficient (Wildman–Crippen LogP) is 3.36. The Bertz CT molecular complexity index is 787. The van der Waals surface area contributed by atoms with Crippen LogP contribution in [0.1, 0.15) is 36.8 Å². The maximum absolute atomic E-state index is 12.4. The second-order valence-corrected chi connectivity index (χ2v) is 6.65. The number of aryl methyl sites for hydroxylation is 2. The van der Waals surface area contributed by atoms with E-state index in [-0.39, 0.29) is 11.6 Å². The number of aromatic nitrogens is 1. The molecule has 2 amide bonds. The lowest BCUT2D eigenvalue weighted by Crippen LogP contribution is -2.40. The van der Waals surface area contributed by atoms with E-state index in [1.807, 2.05) is 41.4 Å². The van der Waals surface area contributed by atoms with Crippen molar-refractivity contribution in [3.8, 4) is 0 Å². The summed E-state index contributed by atoms with van der Waals surface area (Å²) in [7, 11) is 1.76. The number of rotatable bonds is 3. The molecule has 1 N–H and O–H groups in total. The van der Waals surface area contributed by atoms with Crippen molar-refractivity contribution in [1.29, 1.82) is 0 Å². The van der Waals surface area contributed by atoms with Gasteiger partial charge in [0.05, 0.1) is 0 Å². The van der Waals surface area contributed by atoms with Gasteiger partial charge in [0.1, 0.15) is 0 Å². The van der Waals surface area contributed by atoms with E-state index in [9.17, 15) is 9.59 Å². The second-order valence-electron chi connectivity index (χ2n) is 6.65. The molecule has 132 valence electrons. The van der Waals surface area contributed by atoms with E-state index in [0.29, 0.717) is 19.0 Å². The second kappa shape index (κ2) is 7.55. The van der Waals surface area contributed by atoms with Crippen LogP contribution in [-0.4, -0.2) is 28.6 Å². The summed E-state index contributed by atoms with van der Waals surface area (Å²) in [4.78, 5) is 26.1. The maximum Gasteiger partial charge on any atom is 0.321 e. The number of nitrogens with zero attached hydrogens (tertiary/aromatic N) is 2. The SMILES string of the molecule is CCc1ccc(NC(=O)N2CCC(c3ccn(C)c(=O)c3)CC2)cc1. The zero-order valence-electron chi connectivity index (χ0n) is 14.9. The van der Waals surface area contributed by atoms with Crippen LogP contribution in [0.25, 0.3) is 0 Å². The van der Waals surface area contributed by atoms with Gasteiger partial charge in [0.15, 0.2) is 0 Å². The molecule has 2 aromatic rings. The van der Waals surface area contributed by atoms with Crippen molar-refractivity contribution in [1.82, 2.24) is 9.47 Å². The number of carbonyl (C=O) groups is 1. The quantitative estimate of drug-likeness (QED) is 0.932. The minimum Gasteiger partial charge on any atom is -0.324 e. The number of urea groups is 1. The molecule has 2 heterocycles. The van der Waals surface area contributed by atoms with Crippen molar-refractivity contribution in [3.05, 3.63) is 64.1 Å². The number of nitrogens with one attached hydrogen (secondary N) is 1. The normalized spacial score (nSPS) is 15.2. The minimum absolute atomic E-state index is 0.0215. The minimum atomic E-state index is -0.0494. The van der Waals surface area contributed by atoms with Gasteiger partial charge in [-0.3, -0.25) is 4.79 Å². The smallest absolute Gasteiger partial charge is 0.321 e. The fourth-order valence-electron chi connectivity index (χ4n) is 3.26. The summed E-state index contributed by atoms with van der Waals surface area (Å²) in [6.45, 7) is 3.53. The van der Waals surface area contributed by atoms with Gasteiger partial charge < -0.3 is 14.8 Å². The summed E-state index contributed by atoms with van der Waals surface area (Å²) >= 11 is 0. The monoisotopic (exact) mass is 339 g/mol. The Morgan fingerprint density at radius 3 is 2.44 bits per heavy atom. The molecule has 5 nitrogen and oxygen atoms in total. The molecule has 1 aliphatic rings. The van der Waals surface area contributed by atoms with Crippen LogP contribution in [0.4, 0.5) is 10.5 Å². The number of piperidine rings is 1. The van der Waals surface area contributed by atoms with Crippen LogP contribution in [0.2, 0.25) is 0 Å². The largest absolute Gasteiger partial charge is 0.324 e. The lowest BCUT2D eigenvalue weighted by Gasteiger charge is -2.32. The maximum atomic E-state index is 12.4. The van der Waals surface area contributed by atoms with E-state index in [1.165, 1.54) is 5.56 Å². The van der Waals surface area contributed by atoms with Gasteiger partial charge in [-0.05, 0) is 54.5 Å². The fraction of sp³-hybridized carbons (Fsp3) is 0.400. The van der Waals surface area contributed by atoms with Crippen molar-refractivity contribution in [3.63, 3.8) is 0 Å². The Morgan fingerprint density at radius 2 is 1.84 bits per heavy atom. The lowest BCUT2D eigenvalue weighted by atomic mass is 9.90. The number of pyridine rings is 1. The van der Waals surface area contributed by atoms with Gasteiger partial charge in [-0.15, -0.1) is 0 Å². The highest BCUT2D eigenvalue weighted by molar-refractivity contribution is 5.89. The number of benzene rings is 1. The molecule has 0 radical (unpaired) electrons. The molecule has 0 saturated carbocycles. The van der Waals surface area contributed by atoms with Crippen molar-refractivity contribution in [2.45, 2.75) is 32.1 Å². The number of carbonyl (C=O) groups excluding carboxylic acids is 1. The van der Waals surface area contributed by atoms with Gasteiger partial charge in [-0.1, -0.05) is 19.1 Å². The molecular weight excluding hydrogens is 314 g/mol. The molecule has 1 aromatic heterocycles. The predicted molar refractivity (Wildman–Crippen MR) is 100 cm³/mol. The highest BCUT2D eigenvalue weighted by atomic mass is 16.2. The van der Waals surface area contributed by atoms with E-state index in [1.54, 1.807) is 17.7 Å². The highest BCUT2D eigenvalue weighted by Crippen LogP contribution is 2.27. The van der Waals surface area contributed by atoms with Gasteiger partial charge in [0, 0.05) is 38.1 Å². The van der Waals surface area contributed by atoms with Gasteiger partial charge in [-0.2, -0.15) is 0 Å². The molecule has 0 bridgehead atoms. The third kappa shape index (κ3) is 4.10. The zero-order valence-corrected chi connectivity index (χ0v) is 14.9. The van der Waals surface area contributed by atoms with Gasteiger partial charge >= 0.3 is 6.03 Å². The van der Waals surface area contributed by atoms with E-state index < -0.39 is 0 Å². The first-order valence-electron chi connectivity index (χ1n) is 8.88. The van der Waals surface area contributed by atoms with Crippen LogP contribution in [-0.2, 0) is 13.5 Å². The summed E-state index contributed by atoms with van der Waals surface area (Å²) in [5, 5.41) is 2.97. The lowest BCUT2D eigenvalue weighted by molar-refractivity contribution is 0.194. The number of hydrogen-bond acceptors (Lipinski definition) is 2. The average molecular weight is 339 g/mol. The van der Waals surface area contributed by atoms with Crippen LogP contribution >= 0.6 is 0 Å². The Kier molecular flexibility index (Phi) is 5.22. The first-order valence-corrected chi connectivity index (χ1v) is 8.88. The van der Waals surface area contributed by atoms with Crippen LogP contribution < -0.4 is 10.9 Å². The molecule has 0 unspecified atom stereocenters. The summed E-state index contributed by atoms with van der Waals surface area (Å²) in [6, 6.07) is 11.7. The third-order valence-electron chi connectivity index (χ3n) is 5.00. The number of amides is 2. The molecule has 0 atom stereocenters. The van der Waals surface area contributed by atoms with E-state index in [4.69, 9.17) is 0 Å². The molecule has 1 aliphatic heterocycles. The highest BCUT2D eigenvalue weighted by Gasteiger charge is 2.24. The molecule has 1 fully saturated rings. The molecule has 25 heavy (non-hydrogen) atoms. The molecule has 3 rings (SSSR count). The first kappa shape index (κ1) is 17.3. The number of anilines is 1. The van der Waals surface area contributed by atoms with Crippen LogP contribution in [0.15, 0.2) is 47.4 Å². The molecule has 1 aromatic carbocycles. The topological polar surface area (TPSA) is 54.3 Å². The Balaban J connectivity index is 1.56. The molecule has 5 heteroatoms. The Hall–Kier alpha value is -2.56. The van der Waals surface area contributed by atoms with Crippen LogP contribution in [0, 0.1) is 0 Å². The molecule has 0 spiro atoms. The first-order chi connectivity index (χ1) is 12.1. The number of hydrogen-bond donors (Lipinski definition) is 1. The van der Waals surface area contributed by atoms with Crippen molar-refractivity contribution >= 4 is 11.7 Å². The van der Waals surface area contributed by atoms with Crippen molar-refractivity contribution < 1.29 is 4.79 Å². The van der Waals surface area contributed by atoms with E-state index in [0.717, 1.165) is 30.5 Å². The van der Waals surface area contributed by atoms with Gasteiger partial charge in [-0.25, -0.2) is 4.79 Å². The van der Waals surface area contributed by atoms with E-state index in [2.05, 4.69) is 12.2 Å². The average Bonchev–Trinajstić information content (AvgIpc) is 2.65. The van der Waals surface area contributed by atoms with Crippen molar-refractivity contribution in [2.24, 2.45) is 7.05 Å². The molecular formula is C20H25N3O2. The summed E-state index contributed by atoms with van der Waals surface area (Å²) in [5.74, 6) is 0.349. The van der Waals surface area contributed by atoms with Crippen LogP contribution in [0.5, 0.6) is 0 Å². The molecule has 0 aliphatic carbocycles. The standard InChI is InChI=1S/C20H25N3O2/c1-3-15-4-6-18(7-5-15)21-20(25)23-12-9-16(10-13-23)17-8-11-22(2)19(24)14-17/h4-8,11,14,16H,3,9-10,12-13H2,1-2H3,(H,21,25). The van der Waals surface area contributed by atoms with Gasteiger partial charge in [0.2, 0.25) is 0 Å².